The largest absolute Gasteiger partial charge is 0.398 e. The molecule has 0 saturated carbocycles. The minimum Gasteiger partial charge on any atom is -0.398 e. The molecule has 8 nitrogen and oxygen atoms in total. The zero-order valence-electron chi connectivity index (χ0n) is 12.6. The van der Waals surface area contributed by atoms with E-state index in [1.54, 1.807) is 0 Å². The molecular formula is C14H21N5O3. The summed E-state index contributed by atoms with van der Waals surface area (Å²) in [6, 6.07) is 3.88. The minimum absolute atomic E-state index is 0.140. The number of carbonyl (C=O) groups is 1. The monoisotopic (exact) mass is 307 g/mol. The number of carbonyl (C=O) groups excluding carboxylic acids is 1. The second-order valence-corrected chi connectivity index (χ2v) is 5.43. The molecular weight excluding hydrogens is 286 g/mol. The van der Waals surface area contributed by atoms with Crippen molar-refractivity contribution in [3.05, 3.63) is 33.9 Å². The molecule has 0 radical (unpaired) electrons. The smallest absolute Gasteiger partial charge is 0.270 e. The van der Waals surface area contributed by atoms with E-state index in [4.69, 9.17) is 5.73 Å². The van der Waals surface area contributed by atoms with E-state index in [2.05, 4.69) is 22.2 Å². The van der Waals surface area contributed by atoms with Crippen LogP contribution < -0.4 is 11.1 Å². The minimum atomic E-state index is -0.541. The number of piperazine rings is 1. The number of nitro benzene ring substituents is 1. The van der Waals surface area contributed by atoms with Crippen LogP contribution in [-0.4, -0.2) is 66.9 Å². The van der Waals surface area contributed by atoms with Gasteiger partial charge in [-0.1, -0.05) is 0 Å². The summed E-state index contributed by atoms with van der Waals surface area (Å²) >= 11 is 0. The highest BCUT2D eigenvalue weighted by Gasteiger charge is 2.16. The average molecular weight is 307 g/mol. The van der Waals surface area contributed by atoms with E-state index < -0.39 is 4.92 Å². The quantitative estimate of drug-likeness (QED) is 0.456. The molecule has 120 valence electrons. The molecule has 0 aliphatic carbocycles. The summed E-state index contributed by atoms with van der Waals surface area (Å²) in [6.45, 7) is 5.24. The predicted molar refractivity (Wildman–Crippen MR) is 83.8 cm³/mol. The van der Waals surface area contributed by atoms with E-state index in [1.807, 2.05) is 0 Å². The molecule has 8 heteroatoms. The number of amides is 1. The molecule has 3 N–H and O–H groups in total. The maximum atomic E-state index is 12.1. The molecule has 1 heterocycles. The highest BCUT2D eigenvalue weighted by Crippen LogP contribution is 2.19. The number of nitro groups is 1. The molecule has 1 aromatic rings. The van der Waals surface area contributed by atoms with Gasteiger partial charge in [-0.05, 0) is 13.1 Å². The van der Waals surface area contributed by atoms with Crippen molar-refractivity contribution < 1.29 is 9.72 Å². The van der Waals surface area contributed by atoms with Gasteiger partial charge in [0, 0.05) is 57.1 Å². The SMILES string of the molecule is CN1CCN(CCNC(=O)c2cc([N+](=O)[O-])ccc2N)CC1. The van der Waals surface area contributed by atoms with Crippen LogP contribution in [0.25, 0.3) is 0 Å². The van der Waals surface area contributed by atoms with Crippen molar-refractivity contribution in [3.8, 4) is 0 Å². The van der Waals surface area contributed by atoms with Crippen LogP contribution in [0.4, 0.5) is 11.4 Å². The molecule has 0 unspecified atom stereocenters. The number of likely N-dealkylation sites (N-methyl/N-ethyl adjacent to an activating group) is 1. The van der Waals surface area contributed by atoms with E-state index in [0.29, 0.717) is 6.54 Å². The lowest BCUT2D eigenvalue weighted by molar-refractivity contribution is -0.384. The zero-order chi connectivity index (χ0) is 16.1. The van der Waals surface area contributed by atoms with Crippen LogP contribution in [0.15, 0.2) is 18.2 Å². The Kier molecular flexibility index (Phi) is 5.29. The van der Waals surface area contributed by atoms with Gasteiger partial charge in [0.2, 0.25) is 0 Å². The van der Waals surface area contributed by atoms with Crippen LogP contribution in [0.3, 0.4) is 0 Å². The Morgan fingerprint density at radius 1 is 1.36 bits per heavy atom. The number of hydrogen-bond acceptors (Lipinski definition) is 6. The molecule has 1 aliphatic heterocycles. The summed E-state index contributed by atoms with van der Waals surface area (Å²) in [7, 11) is 2.09. The molecule has 0 aromatic heterocycles. The molecule has 2 rings (SSSR count). The van der Waals surface area contributed by atoms with Crippen molar-refractivity contribution >= 4 is 17.3 Å². The molecule has 1 aromatic carbocycles. The van der Waals surface area contributed by atoms with Gasteiger partial charge in [0.15, 0.2) is 0 Å². The maximum Gasteiger partial charge on any atom is 0.270 e. The van der Waals surface area contributed by atoms with Gasteiger partial charge in [-0.3, -0.25) is 19.8 Å². The summed E-state index contributed by atoms with van der Waals surface area (Å²) in [5, 5.41) is 13.5. The highest BCUT2D eigenvalue weighted by molar-refractivity contribution is 5.99. The summed E-state index contributed by atoms with van der Waals surface area (Å²) in [5.41, 5.74) is 5.97. The van der Waals surface area contributed by atoms with Crippen molar-refractivity contribution in [3.63, 3.8) is 0 Å². The zero-order valence-corrected chi connectivity index (χ0v) is 12.6. The molecule has 1 aliphatic rings. The van der Waals surface area contributed by atoms with Crippen molar-refractivity contribution in [2.45, 2.75) is 0 Å². The van der Waals surface area contributed by atoms with Crippen LogP contribution in [0.1, 0.15) is 10.4 Å². The summed E-state index contributed by atoms with van der Waals surface area (Å²) in [5.74, 6) is -0.379. The van der Waals surface area contributed by atoms with Gasteiger partial charge in [0.05, 0.1) is 10.5 Å². The summed E-state index contributed by atoms with van der Waals surface area (Å²) in [6.07, 6.45) is 0. The lowest BCUT2D eigenvalue weighted by Crippen LogP contribution is -2.46. The standard InChI is InChI=1S/C14H21N5O3/c1-17-6-8-18(9-7-17)5-4-16-14(20)12-10-11(19(21)22)2-3-13(12)15/h2-3,10H,4-9,15H2,1H3,(H,16,20). The molecule has 1 saturated heterocycles. The van der Waals surface area contributed by atoms with Gasteiger partial charge in [0.1, 0.15) is 0 Å². The van der Waals surface area contributed by atoms with Gasteiger partial charge in [-0.2, -0.15) is 0 Å². The molecule has 0 atom stereocenters. The summed E-state index contributed by atoms with van der Waals surface area (Å²) in [4.78, 5) is 26.8. The van der Waals surface area contributed by atoms with Crippen molar-refractivity contribution in [2.24, 2.45) is 0 Å². The fourth-order valence-electron chi connectivity index (χ4n) is 2.35. The second-order valence-electron chi connectivity index (χ2n) is 5.43. The number of benzene rings is 1. The molecule has 22 heavy (non-hydrogen) atoms. The van der Waals surface area contributed by atoms with E-state index in [9.17, 15) is 14.9 Å². The van der Waals surface area contributed by atoms with Crippen LogP contribution in [-0.2, 0) is 0 Å². The number of non-ortho nitro benzene ring substituents is 1. The number of hydrogen-bond donors (Lipinski definition) is 2. The second kappa shape index (κ2) is 7.19. The first-order chi connectivity index (χ1) is 10.5. The first kappa shape index (κ1) is 16.2. The van der Waals surface area contributed by atoms with Gasteiger partial charge >= 0.3 is 0 Å². The first-order valence-electron chi connectivity index (χ1n) is 7.20. The number of nitrogens with one attached hydrogen (secondary N) is 1. The van der Waals surface area contributed by atoms with E-state index in [-0.39, 0.29) is 22.8 Å². The predicted octanol–water partition coefficient (Wildman–Crippen LogP) is 0.154. The number of nitrogens with two attached hydrogens (primary N) is 1. The Morgan fingerprint density at radius 3 is 2.68 bits per heavy atom. The van der Waals surface area contributed by atoms with Crippen LogP contribution in [0.2, 0.25) is 0 Å². The van der Waals surface area contributed by atoms with Gasteiger partial charge in [-0.15, -0.1) is 0 Å². The van der Waals surface area contributed by atoms with Crippen molar-refractivity contribution in [1.29, 1.82) is 0 Å². The van der Waals surface area contributed by atoms with E-state index >= 15 is 0 Å². The normalized spacial score (nSPS) is 16.4. The molecule has 0 spiro atoms. The number of nitrogen functional groups attached to an aromatic ring is 1. The Labute approximate surface area is 129 Å². The van der Waals surface area contributed by atoms with Gasteiger partial charge < -0.3 is 16.0 Å². The van der Waals surface area contributed by atoms with Gasteiger partial charge in [0.25, 0.3) is 11.6 Å². The third-order valence-electron chi connectivity index (χ3n) is 3.80. The molecule has 1 fully saturated rings. The van der Waals surface area contributed by atoms with Crippen LogP contribution >= 0.6 is 0 Å². The third-order valence-corrected chi connectivity index (χ3v) is 3.80. The highest BCUT2D eigenvalue weighted by atomic mass is 16.6. The number of rotatable bonds is 5. The van der Waals surface area contributed by atoms with E-state index in [1.165, 1.54) is 18.2 Å². The molecule has 1 amide bonds. The van der Waals surface area contributed by atoms with Crippen LogP contribution in [0.5, 0.6) is 0 Å². The topological polar surface area (TPSA) is 105 Å². The fraction of sp³-hybridized carbons (Fsp3) is 0.500. The van der Waals surface area contributed by atoms with E-state index in [0.717, 1.165) is 32.7 Å². The first-order valence-corrected chi connectivity index (χ1v) is 7.20. The lowest BCUT2D eigenvalue weighted by Gasteiger charge is -2.32. The average Bonchev–Trinajstić information content (AvgIpc) is 2.49. The van der Waals surface area contributed by atoms with Gasteiger partial charge in [-0.25, -0.2) is 0 Å². The maximum absolute atomic E-state index is 12.1. The number of anilines is 1. The Hall–Kier alpha value is -2.19. The molecule has 0 bridgehead atoms. The van der Waals surface area contributed by atoms with Crippen molar-refractivity contribution in [1.82, 2.24) is 15.1 Å². The summed E-state index contributed by atoms with van der Waals surface area (Å²) < 4.78 is 0. The lowest BCUT2D eigenvalue weighted by atomic mass is 10.1. The Balaban J connectivity index is 1.87. The number of nitrogens with zero attached hydrogens (tertiary/aromatic N) is 3. The van der Waals surface area contributed by atoms with Crippen molar-refractivity contribution in [2.75, 3.05) is 52.0 Å². The Bertz CT molecular complexity index is 555. The third kappa shape index (κ3) is 4.15. The fourth-order valence-corrected chi connectivity index (χ4v) is 2.35. The van der Waals surface area contributed by atoms with Crippen LogP contribution in [0, 0.1) is 10.1 Å². The Morgan fingerprint density at radius 2 is 2.05 bits per heavy atom.